The van der Waals surface area contributed by atoms with Crippen molar-refractivity contribution >= 4 is 17.4 Å². The summed E-state index contributed by atoms with van der Waals surface area (Å²) in [6.07, 6.45) is 3.74. The van der Waals surface area contributed by atoms with Crippen molar-refractivity contribution < 1.29 is 9.72 Å². The molecular weight excluding hydrogens is 336 g/mol. The van der Waals surface area contributed by atoms with Gasteiger partial charge in [0.1, 0.15) is 11.4 Å². The molecule has 0 aliphatic rings. The Labute approximate surface area is 148 Å². The van der Waals surface area contributed by atoms with Crippen LogP contribution < -0.4 is 10.6 Å². The van der Waals surface area contributed by atoms with Crippen molar-refractivity contribution in [1.29, 1.82) is 0 Å². The summed E-state index contributed by atoms with van der Waals surface area (Å²) in [6, 6.07) is 13.2. The third kappa shape index (κ3) is 4.01. The molecule has 0 unspecified atom stereocenters. The van der Waals surface area contributed by atoms with E-state index < -0.39 is 10.8 Å². The highest BCUT2D eigenvalue weighted by Gasteiger charge is 2.18. The molecule has 1 amide bonds. The number of para-hydroxylation sites is 1. The van der Waals surface area contributed by atoms with Gasteiger partial charge in [0.2, 0.25) is 0 Å². The van der Waals surface area contributed by atoms with Crippen LogP contribution in [0, 0.1) is 10.1 Å². The lowest BCUT2D eigenvalue weighted by Crippen LogP contribution is -2.29. The van der Waals surface area contributed by atoms with E-state index in [0.29, 0.717) is 18.2 Å². The van der Waals surface area contributed by atoms with E-state index in [0.717, 1.165) is 0 Å². The van der Waals surface area contributed by atoms with Crippen LogP contribution in [0.4, 0.5) is 11.5 Å². The van der Waals surface area contributed by atoms with Gasteiger partial charge in [-0.15, -0.1) is 10.2 Å². The zero-order chi connectivity index (χ0) is 18.4. The minimum atomic E-state index is -0.574. The maximum Gasteiger partial charge on any atom is 0.282 e. The number of nitrogens with one attached hydrogen (secondary N) is 2. The van der Waals surface area contributed by atoms with E-state index in [1.165, 1.54) is 18.2 Å². The average molecular weight is 352 g/mol. The molecule has 0 atom stereocenters. The first-order chi connectivity index (χ1) is 12.6. The number of nitrogens with zero attached hydrogens (tertiary/aromatic N) is 4. The molecule has 0 aliphatic carbocycles. The number of nitro benzene ring substituents is 1. The van der Waals surface area contributed by atoms with Crippen LogP contribution >= 0.6 is 0 Å². The molecule has 0 radical (unpaired) electrons. The molecule has 1 aromatic carbocycles. The molecule has 0 spiro atoms. The molecule has 0 saturated heterocycles. The standard InChI is InChI=1S/C17H16N6O3/c24-17(13-5-1-2-6-14(13)23(25)26)19-10-9-18-15-7-8-16(21-20-15)22-11-3-4-12-22/h1-8,11-12H,9-10H2,(H,18,20)(H,19,24). The van der Waals surface area contributed by atoms with E-state index in [1.54, 1.807) is 12.1 Å². The number of carbonyl (C=O) groups excluding carboxylic acids is 1. The maximum atomic E-state index is 12.1. The number of benzene rings is 1. The summed E-state index contributed by atoms with van der Waals surface area (Å²) < 4.78 is 1.84. The van der Waals surface area contributed by atoms with E-state index in [4.69, 9.17) is 0 Å². The summed E-state index contributed by atoms with van der Waals surface area (Å²) in [6.45, 7) is 0.690. The van der Waals surface area contributed by atoms with Crippen molar-refractivity contribution in [2.24, 2.45) is 0 Å². The van der Waals surface area contributed by atoms with Crippen LogP contribution in [0.2, 0.25) is 0 Å². The van der Waals surface area contributed by atoms with Gasteiger partial charge in [-0.2, -0.15) is 0 Å². The lowest BCUT2D eigenvalue weighted by atomic mass is 10.1. The van der Waals surface area contributed by atoms with Gasteiger partial charge in [-0.1, -0.05) is 12.1 Å². The SMILES string of the molecule is O=C(NCCNc1ccc(-n2cccc2)nn1)c1ccccc1[N+](=O)[O-]. The molecule has 0 aliphatic heterocycles. The Bertz CT molecular complexity index is 893. The van der Waals surface area contributed by atoms with Crippen LogP contribution in [0.3, 0.4) is 0 Å². The molecule has 3 rings (SSSR count). The highest BCUT2D eigenvalue weighted by molar-refractivity contribution is 5.98. The minimum absolute atomic E-state index is 0.0355. The monoisotopic (exact) mass is 352 g/mol. The van der Waals surface area contributed by atoms with Gasteiger partial charge < -0.3 is 15.2 Å². The van der Waals surface area contributed by atoms with E-state index in [-0.39, 0.29) is 17.8 Å². The molecule has 26 heavy (non-hydrogen) atoms. The largest absolute Gasteiger partial charge is 0.367 e. The molecule has 2 N–H and O–H groups in total. The fraction of sp³-hybridized carbons (Fsp3) is 0.118. The van der Waals surface area contributed by atoms with E-state index in [2.05, 4.69) is 20.8 Å². The first kappa shape index (κ1) is 17.1. The third-order valence-electron chi connectivity index (χ3n) is 3.58. The fourth-order valence-electron chi connectivity index (χ4n) is 2.33. The lowest BCUT2D eigenvalue weighted by molar-refractivity contribution is -0.385. The molecule has 132 valence electrons. The molecule has 9 heteroatoms. The predicted molar refractivity (Wildman–Crippen MR) is 95.3 cm³/mol. The average Bonchev–Trinajstić information content (AvgIpc) is 3.20. The summed E-state index contributed by atoms with van der Waals surface area (Å²) in [7, 11) is 0. The van der Waals surface area contributed by atoms with Crippen LogP contribution in [-0.4, -0.2) is 38.7 Å². The zero-order valence-electron chi connectivity index (χ0n) is 13.7. The normalized spacial score (nSPS) is 10.3. The highest BCUT2D eigenvalue weighted by Crippen LogP contribution is 2.17. The van der Waals surface area contributed by atoms with Gasteiger partial charge in [0, 0.05) is 31.5 Å². The molecule has 3 aromatic rings. The van der Waals surface area contributed by atoms with Crippen molar-refractivity contribution in [3.8, 4) is 5.82 Å². The van der Waals surface area contributed by atoms with E-state index in [9.17, 15) is 14.9 Å². The minimum Gasteiger partial charge on any atom is -0.367 e. The Balaban J connectivity index is 1.50. The number of aromatic nitrogens is 3. The van der Waals surface area contributed by atoms with Crippen molar-refractivity contribution in [2.75, 3.05) is 18.4 Å². The number of anilines is 1. The summed E-state index contributed by atoms with van der Waals surface area (Å²) in [5, 5.41) is 24.8. The molecule has 0 fully saturated rings. The van der Waals surface area contributed by atoms with Crippen molar-refractivity contribution in [3.05, 3.63) is 76.6 Å². The van der Waals surface area contributed by atoms with Gasteiger partial charge >= 0.3 is 0 Å². The van der Waals surface area contributed by atoms with Gasteiger partial charge in [0.15, 0.2) is 5.82 Å². The second-order valence-corrected chi connectivity index (χ2v) is 5.32. The van der Waals surface area contributed by atoms with E-state index >= 15 is 0 Å². The number of rotatable bonds is 7. The Morgan fingerprint density at radius 2 is 1.81 bits per heavy atom. The van der Waals surface area contributed by atoms with Crippen LogP contribution in [0.1, 0.15) is 10.4 Å². The summed E-state index contributed by atoms with van der Waals surface area (Å²) >= 11 is 0. The molecule has 9 nitrogen and oxygen atoms in total. The topological polar surface area (TPSA) is 115 Å². The molecular formula is C17H16N6O3. The lowest BCUT2D eigenvalue weighted by Gasteiger charge is -2.08. The Hall–Kier alpha value is -3.75. The van der Waals surface area contributed by atoms with Gasteiger partial charge in [0.25, 0.3) is 11.6 Å². The van der Waals surface area contributed by atoms with Crippen molar-refractivity contribution in [1.82, 2.24) is 20.1 Å². The van der Waals surface area contributed by atoms with Gasteiger partial charge in [-0.3, -0.25) is 14.9 Å². The van der Waals surface area contributed by atoms with Crippen LogP contribution in [0.15, 0.2) is 60.9 Å². The second kappa shape index (κ2) is 7.88. The van der Waals surface area contributed by atoms with E-state index in [1.807, 2.05) is 35.2 Å². The molecule has 0 bridgehead atoms. The van der Waals surface area contributed by atoms with Crippen molar-refractivity contribution in [3.63, 3.8) is 0 Å². The summed E-state index contributed by atoms with van der Waals surface area (Å²) in [4.78, 5) is 22.5. The highest BCUT2D eigenvalue weighted by atomic mass is 16.6. The smallest absolute Gasteiger partial charge is 0.282 e. The van der Waals surface area contributed by atoms with Crippen LogP contribution in [-0.2, 0) is 0 Å². The maximum absolute atomic E-state index is 12.1. The second-order valence-electron chi connectivity index (χ2n) is 5.32. The van der Waals surface area contributed by atoms with Gasteiger partial charge in [-0.25, -0.2) is 0 Å². The first-order valence-electron chi connectivity index (χ1n) is 7.88. The first-order valence-corrected chi connectivity index (χ1v) is 7.88. The molecule has 0 saturated carbocycles. The Morgan fingerprint density at radius 3 is 2.50 bits per heavy atom. The quantitative estimate of drug-likeness (QED) is 0.382. The zero-order valence-corrected chi connectivity index (χ0v) is 13.7. The third-order valence-corrected chi connectivity index (χ3v) is 3.58. The number of hydrogen-bond acceptors (Lipinski definition) is 6. The van der Waals surface area contributed by atoms with Gasteiger partial charge in [0.05, 0.1) is 4.92 Å². The number of nitro groups is 1. The Kier molecular flexibility index (Phi) is 5.18. The molecule has 2 heterocycles. The van der Waals surface area contributed by atoms with Crippen LogP contribution in [0.5, 0.6) is 0 Å². The number of carbonyl (C=O) groups is 1. The predicted octanol–water partition coefficient (Wildman–Crippen LogP) is 2.02. The fourth-order valence-corrected chi connectivity index (χ4v) is 2.33. The number of hydrogen-bond donors (Lipinski definition) is 2. The summed E-state index contributed by atoms with van der Waals surface area (Å²) in [5.74, 6) is 0.777. The molecule has 2 aromatic heterocycles. The van der Waals surface area contributed by atoms with Gasteiger partial charge in [-0.05, 0) is 30.3 Å². The van der Waals surface area contributed by atoms with Crippen LogP contribution in [0.25, 0.3) is 5.82 Å². The summed E-state index contributed by atoms with van der Waals surface area (Å²) in [5.41, 5.74) is -0.183. The Morgan fingerprint density at radius 1 is 1.04 bits per heavy atom. The van der Waals surface area contributed by atoms with Crippen molar-refractivity contribution in [2.45, 2.75) is 0 Å². The number of amides is 1.